The van der Waals surface area contributed by atoms with Gasteiger partial charge in [-0.1, -0.05) is 47.5 Å². The van der Waals surface area contributed by atoms with Crippen molar-refractivity contribution in [2.24, 2.45) is 0 Å². The summed E-state index contributed by atoms with van der Waals surface area (Å²) in [5.41, 5.74) is 1.51. The van der Waals surface area contributed by atoms with Crippen LogP contribution in [0.1, 0.15) is 28.3 Å². The highest BCUT2D eigenvalue weighted by Gasteiger charge is 2.46. The van der Waals surface area contributed by atoms with Gasteiger partial charge in [-0.2, -0.15) is 0 Å². The fraction of sp³-hybridized carbons (Fsp3) is 0.125. The van der Waals surface area contributed by atoms with E-state index in [9.17, 15) is 19.1 Å². The molecule has 0 spiro atoms. The predicted octanol–water partition coefficient (Wildman–Crippen LogP) is 5.46. The summed E-state index contributed by atoms with van der Waals surface area (Å²) in [6.45, 7) is 1.66. The maximum atomic E-state index is 14.1. The van der Waals surface area contributed by atoms with Gasteiger partial charge < -0.3 is 10.0 Å². The Labute approximate surface area is 193 Å². The molecule has 1 aromatic heterocycles. The molecule has 1 aliphatic rings. The molecule has 1 aliphatic heterocycles. The number of aliphatic hydroxyl groups is 1. The zero-order valence-corrected chi connectivity index (χ0v) is 18.4. The molecule has 1 saturated heterocycles. The van der Waals surface area contributed by atoms with E-state index in [0.717, 1.165) is 6.07 Å². The van der Waals surface area contributed by atoms with Crippen LogP contribution >= 0.6 is 23.2 Å². The fourth-order valence-corrected chi connectivity index (χ4v) is 3.96. The zero-order valence-electron chi connectivity index (χ0n) is 16.8. The van der Waals surface area contributed by atoms with Crippen LogP contribution in [0, 0.1) is 12.7 Å². The monoisotopic (exact) mass is 470 g/mol. The molecule has 8 heteroatoms. The van der Waals surface area contributed by atoms with Crippen LogP contribution in [-0.4, -0.2) is 26.7 Å². The lowest BCUT2D eigenvalue weighted by Crippen LogP contribution is -2.29. The van der Waals surface area contributed by atoms with Gasteiger partial charge in [-0.3, -0.25) is 14.6 Å². The van der Waals surface area contributed by atoms with E-state index < -0.39 is 29.3 Å². The van der Waals surface area contributed by atoms with Gasteiger partial charge in [-0.15, -0.1) is 0 Å². The van der Waals surface area contributed by atoms with Gasteiger partial charge in [0.1, 0.15) is 11.6 Å². The van der Waals surface area contributed by atoms with Crippen LogP contribution < -0.4 is 0 Å². The summed E-state index contributed by atoms with van der Waals surface area (Å²) in [7, 11) is 0. The Balaban J connectivity index is 1.90. The van der Waals surface area contributed by atoms with Crippen molar-refractivity contribution in [3.05, 3.63) is 105 Å². The molecule has 1 amide bonds. The minimum Gasteiger partial charge on any atom is -0.507 e. The molecule has 5 nitrogen and oxygen atoms in total. The molecule has 162 valence electrons. The van der Waals surface area contributed by atoms with Crippen LogP contribution in [-0.2, 0) is 16.1 Å². The van der Waals surface area contributed by atoms with Crippen molar-refractivity contribution < 1.29 is 19.1 Å². The number of Topliss-reactive ketones (excluding diaryl/α,β-unsaturated/α-hetero) is 1. The molecule has 0 bridgehead atoms. The number of pyridine rings is 1. The van der Waals surface area contributed by atoms with Crippen LogP contribution in [0.3, 0.4) is 0 Å². The molecule has 3 aromatic rings. The molecule has 2 heterocycles. The molecular formula is C24H17Cl2FN2O3. The molecule has 32 heavy (non-hydrogen) atoms. The normalized spacial score (nSPS) is 17.8. The zero-order chi connectivity index (χ0) is 23.0. The summed E-state index contributed by atoms with van der Waals surface area (Å²) in [6, 6.07) is 11.4. The summed E-state index contributed by atoms with van der Waals surface area (Å²) in [5, 5.41) is 11.5. The maximum Gasteiger partial charge on any atom is 0.295 e. The topological polar surface area (TPSA) is 70.5 Å². The SMILES string of the molecule is Cc1ccc(/C(O)=C2\C(=O)C(=O)N(Cc3cccnc3)C2c2ccc(Cl)c(Cl)c2)cc1F. The molecule has 4 rings (SSSR count). The molecule has 1 fully saturated rings. The number of likely N-dealkylation sites (tertiary alicyclic amines) is 1. The van der Waals surface area contributed by atoms with Crippen LogP contribution in [0.4, 0.5) is 4.39 Å². The van der Waals surface area contributed by atoms with Crippen LogP contribution in [0.25, 0.3) is 5.76 Å². The predicted molar refractivity (Wildman–Crippen MR) is 120 cm³/mol. The standard InChI is InChI=1S/C24H17Cl2FN2O3/c1-13-4-5-16(10-19(13)27)22(30)20-21(15-6-7-17(25)18(26)9-15)29(24(32)23(20)31)12-14-3-2-8-28-11-14/h2-11,21,30H,12H2,1H3/b22-20+. The van der Waals surface area contributed by atoms with Crippen LogP contribution in [0.2, 0.25) is 10.0 Å². The number of aliphatic hydroxyl groups excluding tert-OH is 1. The first-order chi connectivity index (χ1) is 15.3. The lowest BCUT2D eigenvalue weighted by Gasteiger charge is -2.25. The quantitative estimate of drug-likeness (QED) is 0.312. The van der Waals surface area contributed by atoms with Crippen molar-refractivity contribution in [2.75, 3.05) is 0 Å². The van der Waals surface area contributed by atoms with Gasteiger partial charge in [0.15, 0.2) is 0 Å². The molecule has 1 atom stereocenters. The lowest BCUT2D eigenvalue weighted by atomic mass is 9.95. The minimum absolute atomic E-state index is 0.0718. The number of nitrogens with zero attached hydrogens (tertiary/aromatic N) is 2. The number of halogens is 3. The van der Waals surface area contributed by atoms with E-state index in [1.165, 1.54) is 17.0 Å². The van der Waals surface area contributed by atoms with Gasteiger partial charge in [-0.25, -0.2) is 4.39 Å². The van der Waals surface area contributed by atoms with Gasteiger partial charge in [0.05, 0.1) is 21.7 Å². The molecule has 1 unspecified atom stereocenters. The van der Waals surface area contributed by atoms with Crippen molar-refractivity contribution in [2.45, 2.75) is 19.5 Å². The van der Waals surface area contributed by atoms with E-state index in [1.807, 2.05) is 0 Å². The van der Waals surface area contributed by atoms with Crippen LogP contribution in [0.15, 0.2) is 66.5 Å². The Kier molecular flexibility index (Phi) is 6.00. The first kappa shape index (κ1) is 22.0. The summed E-state index contributed by atoms with van der Waals surface area (Å²) >= 11 is 12.2. The van der Waals surface area contributed by atoms with Gasteiger partial charge in [0, 0.05) is 24.5 Å². The van der Waals surface area contributed by atoms with Crippen molar-refractivity contribution >= 4 is 40.7 Å². The first-order valence-corrected chi connectivity index (χ1v) is 10.4. The maximum absolute atomic E-state index is 14.1. The van der Waals surface area contributed by atoms with E-state index in [0.29, 0.717) is 21.7 Å². The number of carbonyl (C=O) groups is 2. The average molecular weight is 471 g/mol. The number of aryl methyl sites for hydroxylation is 1. The Morgan fingerprint density at radius 1 is 1.12 bits per heavy atom. The molecule has 0 radical (unpaired) electrons. The number of hydrogen-bond donors (Lipinski definition) is 1. The molecule has 2 aromatic carbocycles. The Morgan fingerprint density at radius 2 is 1.91 bits per heavy atom. The minimum atomic E-state index is -0.950. The highest BCUT2D eigenvalue weighted by Crippen LogP contribution is 2.41. The third-order valence-electron chi connectivity index (χ3n) is 5.32. The van der Waals surface area contributed by atoms with Crippen molar-refractivity contribution in [3.8, 4) is 0 Å². The summed E-state index contributed by atoms with van der Waals surface area (Å²) in [5.74, 6) is -2.67. The first-order valence-electron chi connectivity index (χ1n) is 9.66. The average Bonchev–Trinajstić information content (AvgIpc) is 3.02. The van der Waals surface area contributed by atoms with E-state index in [1.54, 1.807) is 49.6 Å². The smallest absolute Gasteiger partial charge is 0.295 e. The second-order valence-electron chi connectivity index (χ2n) is 7.43. The number of rotatable bonds is 4. The second kappa shape index (κ2) is 8.73. The second-order valence-corrected chi connectivity index (χ2v) is 8.24. The highest BCUT2D eigenvalue weighted by molar-refractivity contribution is 6.46. The number of aromatic nitrogens is 1. The van der Waals surface area contributed by atoms with E-state index in [4.69, 9.17) is 23.2 Å². The third kappa shape index (κ3) is 3.99. The van der Waals surface area contributed by atoms with Crippen molar-refractivity contribution in [1.82, 2.24) is 9.88 Å². The Bertz CT molecular complexity index is 1260. The number of hydrogen-bond acceptors (Lipinski definition) is 4. The third-order valence-corrected chi connectivity index (χ3v) is 6.06. The van der Waals surface area contributed by atoms with Crippen molar-refractivity contribution in [3.63, 3.8) is 0 Å². The fourth-order valence-electron chi connectivity index (χ4n) is 3.66. The molecule has 1 N–H and O–H groups in total. The van der Waals surface area contributed by atoms with E-state index >= 15 is 0 Å². The number of carbonyl (C=O) groups excluding carboxylic acids is 2. The van der Waals surface area contributed by atoms with Gasteiger partial charge in [0.2, 0.25) is 0 Å². The van der Waals surface area contributed by atoms with E-state index in [-0.39, 0.29) is 22.7 Å². The number of ketones is 1. The van der Waals surface area contributed by atoms with Crippen LogP contribution in [0.5, 0.6) is 0 Å². The highest BCUT2D eigenvalue weighted by atomic mass is 35.5. The van der Waals surface area contributed by atoms with Gasteiger partial charge in [0.25, 0.3) is 11.7 Å². The lowest BCUT2D eigenvalue weighted by molar-refractivity contribution is -0.140. The number of benzene rings is 2. The van der Waals surface area contributed by atoms with Gasteiger partial charge in [-0.05, 0) is 47.9 Å². The summed E-state index contributed by atoms with van der Waals surface area (Å²) in [4.78, 5) is 31.4. The molecular weight excluding hydrogens is 454 g/mol. The van der Waals surface area contributed by atoms with E-state index in [2.05, 4.69) is 4.98 Å². The largest absolute Gasteiger partial charge is 0.507 e. The van der Waals surface area contributed by atoms with Gasteiger partial charge >= 0.3 is 0 Å². The summed E-state index contributed by atoms with van der Waals surface area (Å²) < 4.78 is 14.1. The molecule has 0 saturated carbocycles. The number of amides is 1. The Hall–Kier alpha value is -3.22. The van der Waals surface area contributed by atoms with Crippen molar-refractivity contribution in [1.29, 1.82) is 0 Å². The Morgan fingerprint density at radius 3 is 2.56 bits per heavy atom. The molecule has 0 aliphatic carbocycles. The summed E-state index contributed by atoms with van der Waals surface area (Å²) in [6.07, 6.45) is 3.18.